The first kappa shape index (κ1) is 13.4. The molecule has 2 atom stereocenters. The minimum absolute atomic E-state index is 0.224. The molecular weight excluding hydrogens is 222 g/mol. The summed E-state index contributed by atoms with van der Waals surface area (Å²) in [5.74, 6) is 1.64. The number of benzene rings is 1. The van der Waals surface area contributed by atoms with Crippen molar-refractivity contribution in [1.82, 2.24) is 0 Å². The predicted molar refractivity (Wildman–Crippen MR) is 75.9 cm³/mol. The van der Waals surface area contributed by atoms with Crippen LogP contribution < -0.4 is 10.5 Å². The van der Waals surface area contributed by atoms with Crippen molar-refractivity contribution in [2.24, 2.45) is 11.7 Å². The summed E-state index contributed by atoms with van der Waals surface area (Å²) in [6, 6.07) is 6.64. The van der Waals surface area contributed by atoms with Crippen molar-refractivity contribution in [2.75, 3.05) is 6.61 Å². The summed E-state index contributed by atoms with van der Waals surface area (Å²) in [5.41, 5.74) is 8.82. The second-order valence-electron chi connectivity index (χ2n) is 5.56. The van der Waals surface area contributed by atoms with E-state index >= 15 is 0 Å². The Morgan fingerprint density at radius 1 is 1.44 bits per heavy atom. The van der Waals surface area contributed by atoms with Gasteiger partial charge in [0.25, 0.3) is 0 Å². The fraction of sp³-hybridized carbons (Fsp3) is 0.625. The van der Waals surface area contributed by atoms with E-state index in [-0.39, 0.29) is 6.04 Å². The molecule has 1 aromatic rings. The molecule has 0 aromatic heterocycles. The van der Waals surface area contributed by atoms with Gasteiger partial charge < -0.3 is 10.5 Å². The molecule has 0 saturated carbocycles. The van der Waals surface area contributed by atoms with E-state index in [0.717, 1.165) is 25.2 Å². The molecule has 2 unspecified atom stereocenters. The first-order valence-electron chi connectivity index (χ1n) is 7.22. The minimum atomic E-state index is 0.224. The van der Waals surface area contributed by atoms with Crippen molar-refractivity contribution in [2.45, 2.75) is 52.0 Å². The van der Waals surface area contributed by atoms with Gasteiger partial charge in [0, 0.05) is 6.04 Å². The molecule has 2 heteroatoms. The van der Waals surface area contributed by atoms with Gasteiger partial charge in [-0.05, 0) is 54.9 Å². The zero-order valence-corrected chi connectivity index (χ0v) is 11.6. The minimum Gasteiger partial charge on any atom is -0.493 e. The van der Waals surface area contributed by atoms with Crippen molar-refractivity contribution in [3.05, 3.63) is 29.3 Å². The fourth-order valence-corrected chi connectivity index (χ4v) is 2.73. The molecule has 1 aliphatic carbocycles. The van der Waals surface area contributed by atoms with Gasteiger partial charge in [-0.1, -0.05) is 26.3 Å². The van der Waals surface area contributed by atoms with Crippen LogP contribution in [0.2, 0.25) is 0 Å². The summed E-state index contributed by atoms with van der Waals surface area (Å²) in [7, 11) is 0. The Balaban J connectivity index is 1.98. The number of ether oxygens (including phenoxy) is 1. The summed E-state index contributed by atoms with van der Waals surface area (Å²) in [6.45, 7) is 5.29. The van der Waals surface area contributed by atoms with Gasteiger partial charge in [-0.3, -0.25) is 0 Å². The Morgan fingerprint density at radius 3 is 3.06 bits per heavy atom. The van der Waals surface area contributed by atoms with E-state index < -0.39 is 0 Å². The SMILES string of the molecule is CCCC(C)COc1ccc2c(c1)CCCC2N. The van der Waals surface area contributed by atoms with Crippen LogP contribution in [0, 0.1) is 5.92 Å². The van der Waals surface area contributed by atoms with Crippen LogP contribution in [0.1, 0.15) is 56.7 Å². The largest absolute Gasteiger partial charge is 0.493 e. The van der Waals surface area contributed by atoms with Gasteiger partial charge in [-0.2, -0.15) is 0 Å². The molecule has 0 radical (unpaired) electrons. The number of nitrogens with two attached hydrogens (primary N) is 1. The van der Waals surface area contributed by atoms with Gasteiger partial charge in [0.05, 0.1) is 6.61 Å². The molecule has 0 amide bonds. The fourth-order valence-electron chi connectivity index (χ4n) is 2.73. The zero-order chi connectivity index (χ0) is 13.0. The molecule has 1 aromatic carbocycles. The Morgan fingerprint density at radius 2 is 2.28 bits per heavy atom. The topological polar surface area (TPSA) is 35.2 Å². The number of aryl methyl sites for hydroxylation is 1. The molecule has 0 bridgehead atoms. The van der Waals surface area contributed by atoms with Crippen LogP contribution in [0.3, 0.4) is 0 Å². The van der Waals surface area contributed by atoms with Crippen molar-refractivity contribution in [1.29, 1.82) is 0 Å². The summed E-state index contributed by atoms with van der Waals surface area (Å²) >= 11 is 0. The molecule has 0 fully saturated rings. The van der Waals surface area contributed by atoms with Crippen LogP contribution in [0.4, 0.5) is 0 Å². The van der Waals surface area contributed by atoms with Crippen molar-refractivity contribution in [3.8, 4) is 5.75 Å². The van der Waals surface area contributed by atoms with E-state index in [1.54, 1.807) is 0 Å². The second kappa shape index (κ2) is 6.24. The predicted octanol–water partition coefficient (Wildman–Crippen LogP) is 3.84. The molecule has 0 aliphatic heterocycles. The Labute approximate surface area is 111 Å². The van der Waals surface area contributed by atoms with Crippen molar-refractivity contribution in [3.63, 3.8) is 0 Å². The average Bonchev–Trinajstić information content (AvgIpc) is 2.37. The van der Waals surface area contributed by atoms with Crippen molar-refractivity contribution >= 4 is 0 Å². The van der Waals surface area contributed by atoms with Crippen LogP contribution in [-0.2, 0) is 6.42 Å². The number of hydrogen-bond acceptors (Lipinski definition) is 2. The normalized spacial score (nSPS) is 20.3. The average molecular weight is 247 g/mol. The highest BCUT2D eigenvalue weighted by Gasteiger charge is 2.17. The molecular formula is C16H25NO. The lowest BCUT2D eigenvalue weighted by molar-refractivity contribution is 0.251. The summed E-state index contributed by atoms with van der Waals surface area (Å²) in [5, 5.41) is 0. The molecule has 0 spiro atoms. The third kappa shape index (κ3) is 3.26. The lowest BCUT2D eigenvalue weighted by Gasteiger charge is -2.23. The Kier molecular flexibility index (Phi) is 4.65. The number of fused-ring (bicyclic) bond motifs is 1. The maximum Gasteiger partial charge on any atom is 0.119 e. The summed E-state index contributed by atoms with van der Waals surface area (Å²) in [4.78, 5) is 0. The van der Waals surface area contributed by atoms with E-state index in [1.807, 2.05) is 0 Å². The molecule has 100 valence electrons. The van der Waals surface area contributed by atoms with Crippen molar-refractivity contribution < 1.29 is 4.74 Å². The molecule has 2 N–H and O–H groups in total. The molecule has 18 heavy (non-hydrogen) atoms. The van der Waals surface area contributed by atoms with Crippen LogP contribution in [0.15, 0.2) is 18.2 Å². The monoisotopic (exact) mass is 247 g/mol. The molecule has 2 nitrogen and oxygen atoms in total. The molecule has 0 saturated heterocycles. The van der Waals surface area contributed by atoms with E-state index in [1.165, 1.54) is 30.4 Å². The maximum absolute atomic E-state index is 6.12. The first-order valence-corrected chi connectivity index (χ1v) is 7.22. The summed E-state index contributed by atoms with van der Waals surface area (Å²) < 4.78 is 5.88. The first-order chi connectivity index (χ1) is 8.70. The quantitative estimate of drug-likeness (QED) is 0.858. The number of hydrogen-bond donors (Lipinski definition) is 1. The maximum atomic E-state index is 6.12. The second-order valence-corrected chi connectivity index (χ2v) is 5.56. The van der Waals surface area contributed by atoms with Crippen LogP contribution in [0.25, 0.3) is 0 Å². The Hall–Kier alpha value is -1.02. The van der Waals surface area contributed by atoms with Crippen LogP contribution in [0.5, 0.6) is 5.75 Å². The highest BCUT2D eigenvalue weighted by Crippen LogP contribution is 2.30. The standard InChI is InChI=1S/C16H25NO/c1-3-5-12(2)11-18-14-8-9-15-13(10-14)6-4-7-16(15)17/h8-10,12,16H,3-7,11,17H2,1-2H3. The van der Waals surface area contributed by atoms with E-state index in [4.69, 9.17) is 10.5 Å². The third-order valence-electron chi connectivity index (χ3n) is 3.79. The van der Waals surface area contributed by atoms with Crippen LogP contribution in [-0.4, -0.2) is 6.61 Å². The van der Waals surface area contributed by atoms with E-state index in [0.29, 0.717) is 5.92 Å². The molecule has 1 aliphatic rings. The van der Waals surface area contributed by atoms with E-state index in [9.17, 15) is 0 Å². The van der Waals surface area contributed by atoms with Gasteiger partial charge >= 0.3 is 0 Å². The third-order valence-corrected chi connectivity index (χ3v) is 3.79. The molecule has 0 heterocycles. The molecule has 2 rings (SSSR count). The van der Waals surface area contributed by atoms with Gasteiger partial charge in [0.15, 0.2) is 0 Å². The zero-order valence-electron chi connectivity index (χ0n) is 11.6. The summed E-state index contributed by atoms with van der Waals surface area (Å²) in [6.07, 6.45) is 5.91. The van der Waals surface area contributed by atoms with E-state index in [2.05, 4.69) is 32.0 Å². The Bertz CT molecular complexity index is 389. The lowest BCUT2D eigenvalue weighted by Crippen LogP contribution is -2.17. The highest BCUT2D eigenvalue weighted by molar-refractivity contribution is 5.38. The van der Waals surface area contributed by atoms with Gasteiger partial charge in [0.2, 0.25) is 0 Å². The lowest BCUT2D eigenvalue weighted by atomic mass is 9.88. The number of rotatable bonds is 5. The van der Waals surface area contributed by atoms with Gasteiger partial charge in [0.1, 0.15) is 5.75 Å². The smallest absolute Gasteiger partial charge is 0.119 e. The highest BCUT2D eigenvalue weighted by atomic mass is 16.5. The van der Waals surface area contributed by atoms with Gasteiger partial charge in [-0.25, -0.2) is 0 Å². The van der Waals surface area contributed by atoms with Gasteiger partial charge in [-0.15, -0.1) is 0 Å². The van der Waals surface area contributed by atoms with Crippen LogP contribution >= 0.6 is 0 Å².